The van der Waals surface area contributed by atoms with Crippen molar-refractivity contribution in [2.24, 2.45) is 5.92 Å². The van der Waals surface area contributed by atoms with Crippen LogP contribution in [0, 0.1) is 5.92 Å². The maximum Gasteiger partial charge on any atom is 0.330 e. The van der Waals surface area contributed by atoms with Gasteiger partial charge in [0.1, 0.15) is 11.6 Å². The van der Waals surface area contributed by atoms with Crippen LogP contribution in [0.15, 0.2) is 60.7 Å². The highest BCUT2D eigenvalue weighted by molar-refractivity contribution is 7.17. The van der Waals surface area contributed by atoms with E-state index in [4.69, 9.17) is 27.9 Å². The average Bonchev–Trinajstić information content (AvgIpc) is 3.27. The van der Waals surface area contributed by atoms with Crippen molar-refractivity contribution in [3.63, 3.8) is 0 Å². The Labute approximate surface area is 241 Å². The molecule has 0 aliphatic heterocycles. The third-order valence-corrected chi connectivity index (χ3v) is 7.86. The Hall–Kier alpha value is -3.39. The Morgan fingerprint density at radius 1 is 0.974 bits per heavy atom. The lowest BCUT2D eigenvalue weighted by Gasteiger charge is -2.18. The summed E-state index contributed by atoms with van der Waals surface area (Å²) < 4.78 is 5.21. The summed E-state index contributed by atoms with van der Waals surface area (Å²) in [5.41, 5.74) is 3.13. The average molecular weight is 584 g/mol. The van der Waals surface area contributed by atoms with Crippen LogP contribution < -0.4 is 10.6 Å². The minimum absolute atomic E-state index is 0.0183. The summed E-state index contributed by atoms with van der Waals surface area (Å²) in [5, 5.41) is 7.48. The monoisotopic (exact) mass is 582 g/mol. The zero-order valence-electron chi connectivity index (χ0n) is 21.3. The van der Waals surface area contributed by atoms with Gasteiger partial charge in [-0.25, -0.2) is 4.79 Å². The molecule has 3 aromatic rings. The van der Waals surface area contributed by atoms with E-state index in [-0.39, 0.29) is 25.0 Å². The molecule has 1 heterocycles. The number of hydrogen-bond donors (Lipinski definition) is 2. The number of anilines is 1. The van der Waals surface area contributed by atoms with E-state index in [9.17, 15) is 14.4 Å². The molecule has 0 fully saturated rings. The van der Waals surface area contributed by atoms with Crippen molar-refractivity contribution in [1.29, 1.82) is 0 Å². The predicted octanol–water partition coefficient (Wildman–Crippen LogP) is 6.82. The Balaban J connectivity index is 1.36. The fourth-order valence-electron chi connectivity index (χ4n) is 4.17. The zero-order valence-corrected chi connectivity index (χ0v) is 23.7. The van der Waals surface area contributed by atoms with Crippen molar-refractivity contribution in [2.45, 2.75) is 26.2 Å². The molecule has 0 bridgehead atoms. The molecule has 1 aliphatic carbocycles. The number of thiophene rings is 1. The van der Waals surface area contributed by atoms with Gasteiger partial charge in [-0.3, -0.25) is 9.59 Å². The van der Waals surface area contributed by atoms with Gasteiger partial charge >= 0.3 is 5.97 Å². The van der Waals surface area contributed by atoms with Crippen LogP contribution in [0.3, 0.4) is 0 Å². The predicted molar refractivity (Wildman–Crippen MR) is 158 cm³/mol. The highest BCUT2D eigenvalue weighted by Crippen LogP contribution is 2.39. The minimum atomic E-state index is -0.512. The van der Waals surface area contributed by atoms with E-state index < -0.39 is 5.97 Å². The molecule has 39 heavy (non-hydrogen) atoms. The number of fused-ring (bicyclic) bond motifs is 1. The van der Waals surface area contributed by atoms with Crippen molar-refractivity contribution in [1.82, 2.24) is 5.32 Å². The summed E-state index contributed by atoms with van der Waals surface area (Å²) in [5.74, 6) is -0.624. The van der Waals surface area contributed by atoms with Crippen LogP contribution in [0.5, 0.6) is 0 Å². The molecule has 0 saturated heterocycles. The summed E-state index contributed by atoms with van der Waals surface area (Å²) in [7, 11) is 0. The highest BCUT2D eigenvalue weighted by atomic mass is 35.5. The number of esters is 1. The molecule has 0 radical (unpaired) electrons. The maximum absolute atomic E-state index is 13.2. The number of halogens is 2. The number of hydrogen-bond acceptors (Lipinski definition) is 5. The normalized spacial score (nSPS) is 14.8. The van der Waals surface area contributed by atoms with E-state index in [1.165, 1.54) is 23.5 Å². The largest absolute Gasteiger partial charge is 0.461 e. The second-order valence-corrected chi connectivity index (χ2v) is 11.2. The number of carbonyl (C=O) groups is 3. The van der Waals surface area contributed by atoms with E-state index in [1.807, 2.05) is 12.1 Å². The second kappa shape index (κ2) is 13.6. The summed E-state index contributed by atoms with van der Waals surface area (Å²) in [4.78, 5) is 39.1. The Morgan fingerprint density at radius 3 is 2.23 bits per heavy atom. The molecule has 1 aliphatic rings. The lowest BCUT2D eigenvalue weighted by molar-refractivity contribution is -0.137. The standard InChI is InChI=1S/C30H28Cl2N2O4S/c1-19-2-13-24-25(18-19)39-30(34-26(35)14-7-20-3-9-22(31)10-4-20)28(24)29(37)33-16-17-38-27(36)15-8-21-5-11-23(32)12-6-21/h3-12,14-15,19H,2,13,16-18H2,1H3,(H,33,37)(H,34,35)/b14-7+,15-8+. The van der Waals surface area contributed by atoms with Gasteiger partial charge in [-0.15, -0.1) is 11.3 Å². The van der Waals surface area contributed by atoms with Crippen molar-refractivity contribution >= 4 is 69.5 Å². The van der Waals surface area contributed by atoms with Gasteiger partial charge in [0.15, 0.2) is 0 Å². The first-order valence-corrected chi connectivity index (χ1v) is 14.1. The molecule has 0 spiro atoms. The lowest BCUT2D eigenvalue weighted by atomic mass is 9.88. The molecular formula is C30H28Cl2N2O4S. The van der Waals surface area contributed by atoms with Crippen LogP contribution in [-0.2, 0) is 27.2 Å². The molecule has 2 amide bonds. The molecule has 0 saturated carbocycles. The third-order valence-electron chi connectivity index (χ3n) is 6.19. The van der Waals surface area contributed by atoms with Crippen molar-refractivity contribution in [2.75, 3.05) is 18.5 Å². The van der Waals surface area contributed by atoms with Crippen LogP contribution in [0.4, 0.5) is 5.00 Å². The molecule has 1 unspecified atom stereocenters. The molecule has 9 heteroatoms. The smallest absolute Gasteiger partial charge is 0.330 e. The molecule has 4 rings (SSSR count). The molecular weight excluding hydrogens is 555 g/mol. The van der Waals surface area contributed by atoms with Crippen LogP contribution in [0.1, 0.15) is 45.3 Å². The molecule has 6 nitrogen and oxygen atoms in total. The fraction of sp³-hybridized carbons (Fsp3) is 0.233. The number of carbonyl (C=O) groups excluding carboxylic acids is 3. The first-order chi connectivity index (χ1) is 18.8. The molecule has 1 aromatic heterocycles. The number of ether oxygens (including phenoxy) is 1. The summed E-state index contributed by atoms with van der Waals surface area (Å²) in [6.45, 7) is 2.35. The number of rotatable bonds is 9. The topological polar surface area (TPSA) is 84.5 Å². The van der Waals surface area contributed by atoms with Crippen molar-refractivity contribution in [3.05, 3.63) is 97.9 Å². The van der Waals surface area contributed by atoms with Gasteiger partial charge in [0, 0.05) is 27.1 Å². The van der Waals surface area contributed by atoms with E-state index in [2.05, 4.69) is 17.6 Å². The summed E-state index contributed by atoms with van der Waals surface area (Å²) >= 11 is 13.2. The Kier molecular flexibility index (Phi) is 9.98. The number of amides is 2. The Morgan fingerprint density at radius 2 is 1.59 bits per heavy atom. The Bertz CT molecular complexity index is 1400. The van der Waals surface area contributed by atoms with Gasteiger partial charge in [0.05, 0.1) is 12.1 Å². The van der Waals surface area contributed by atoms with Gasteiger partial charge in [-0.05, 0) is 78.3 Å². The van der Waals surface area contributed by atoms with Crippen LogP contribution >= 0.6 is 34.5 Å². The number of nitrogens with one attached hydrogen (secondary N) is 2. The zero-order chi connectivity index (χ0) is 27.8. The van der Waals surface area contributed by atoms with E-state index >= 15 is 0 Å². The van der Waals surface area contributed by atoms with E-state index in [1.54, 1.807) is 48.6 Å². The molecule has 2 N–H and O–H groups in total. The van der Waals surface area contributed by atoms with Gasteiger partial charge < -0.3 is 15.4 Å². The van der Waals surface area contributed by atoms with Gasteiger partial charge in [0.2, 0.25) is 5.91 Å². The van der Waals surface area contributed by atoms with Gasteiger partial charge in [0.25, 0.3) is 5.91 Å². The number of benzene rings is 2. The molecule has 2 aromatic carbocycles. The quantitative estimate of drug-likeness (QED) is 0.165. The molecule has 1 atom stereocenters. The first kappa shape index (κ1) is 28.6. The SMILES string of the molecule is CC1CCc2c(sc(NC(=O)/C=C/c3ccc(Cl)cc3)c2C(=O)NCCOC(=O)/C=C/c2ccc(Cl)cc2)C1. The first-order valence-electron chi connectivity index (χ1n) is 12.6. The van der Waals surface area contributed by atoms with Crippen molar-refractivity contribution < 1.29 is 19.1 Å². The van der Waals surface area contributed by atoms with E-state index in [0.29, 0.717) is 26.5 Å². The lowest BCUT2D eigenvalue weighted by Crippen LogP contribution is -2.29. The third kappa shape index (κ3) is 8.30. The second-order valence-electron chi connectivity index (χ2n) is 9.24. The van der Waals surface area contributed by atoms with Crippen molar-refractivity contribution in [3.8, 4) is 0 Å². The summed E-state index contributed by atoms with van der Waals surface area (Å²) in [6, 6.07) is 14.2. The van der Waals surface area contributed by atoms with E-state index in [0.717, 1.165) is 40.8 Å². The minimum Gasteiger partial charge on any atom is -0.461 e. The highest BCUT2D eigenvalue weighted by Gasteiger charge is 2.28. The van der Waals surface area contributed by atoms with Gasteiger partial charge in [-0.2, -0.15) is 0 Å². The maximum atomic E-state index is 13.2. The van der Waals surface area contributed by atoms with Gasteiger partial charge in [-0.1, -0.05) is 54.4 Å². The van der Waals surface area contributed by atoms with Crippen LogP contribution in [-0.4, -0.2) is 30.9 Å². The van der Waals surface area contributed by atoms with Crippen LogP contribution in [0.2, 0.25) is 10.0 Å². The fourth-order valence-corrected chi connectivity index (χ4v) is 5.83. The molecule has 202 valence electrons. The summed E-state index contributed by atoms with van der Waals surface area (Å²) in [6.07, 6.45) is 8.70. The van der Waals surface area contributed by atoms with Crippen LogP contribution in [0.25, 0.3) is 12.2 Å².